The summed E-state index contributed by atoms with van der Waals surface area (Å²) in [5, 5.41) is 0. The van der Waals surface area contributed by atoms with Gasteiger partial charge in [0.05, 0.1) is 0 Å². The first-order chi connectivity index (χ1) is 14.0. The Morgan fingerprint density at radius 2 is 1.66 bits per heavy atom. The molecule has 2 aromatic carbocycles. The minimum absolute atomic E-state index is 0.0532. The number of hydrogen-bond acceptors (Lipinski definition) is 3. The first-order valence-corrected chi connectivity index (χ1v) is 10.5. The summed E-state index contributed by atoms with van der Waals surface area (Å²) in [5.41, 5.74) is 4.26. The molecule has 0 spiro atoms. The van der Waals surface area contributed by atoms with Gasteiger partial charge in [-0.25, -0.2) is 0 Å². The van der Waals surface area contributed by atoms with Crippen LogP contribution >= 0.6 is 0 Å². The van der Waals surface area contributed by atoms with E-state index in [1.807, 2.05) is 24.3 Å². The summed E-state index contributed by atoms with van der Waals surface area (Å²) in [6.07, 6.45) is 7.52. The maximum atomic E-state index is 13.1. The average molecular weight is 386 g/mol. The molecule has 0 aliphatic heterocycles. The van der Waals surface area contributed by atoms with Crippen LogP contribution in [0.1, 0.15) is 59.7 Å². The zero-order valence-electron chi connectivity index (χ0n) is 16.8. The topological polar surface area (TPSA) is 51.2 Å². The van der Waals surface area contributed by atoms with Crippen molar-refractivity contribution in [1.29, 1.82) is 0 Å². The van der Waals surface area contributed by atoms with Gasteiger partial charge in [-0.1, -0.05) is 48.5 Å². The van der Waals surface area contributed by atoms with Gasteiger partial charge in [-0.2, -0.15) is 0 Å². The summed E-state index contributed by atoms with van der Waals surface area (Å²) in [5.74, 6) is -0.0542. The third-order valence-corrected chi connectivity index (χ3v) is 6.36. The number of fused-ring (bicyclic) bond motifs is 1. The summed E-state index contributed by atoms with van der Waals surface area (Å²) < 4.78 is 0. The van der Waals surface area contributed by atoms with Crippen LogP contribution in [0.5, 0.6) is 0 Å². The third-order valence-electron chi connectivity index (χ3n) is 6.36. The molecule has 1 saturated carbocycles. The molecule has 0 radical (unpaired) electrons. The number of hydrogen-bond donors (Lipinski definition) is 0. The molecule has 0 atom stereocenters. The van der Waals surface area contributed by atoms with E-state index in [-0.39, 0.29) is 11.7 Å². The van der Waals surface area contributed by atoms with Gasteiger partial charge in [0.15, 0.2) is 11.6 Å². The minimum atomic E-state index is -0.463. The van der Waals surface area contributed by atoms with Crippen LogP contribution in [0.15, 0.2) is 54.6 Å². The van der Waals surface area contributed by atoms with E-state index in [1.54, 1.807) is 6.08 Å². The van der Waals surface area contributed by atoms with Crippen molar-refractivity contribution in [1.82, 2.24) is 0 Å². The molecule has 0 aromatic heterocycles. The van der Waals surface area contributed by atoms with Gasteiger partial charge < -0.3 is 0 Å². The lowest BCUT2D eigenvalue weighted by Crippen LogP contribution is -2.23. The fourth-order valence-corrected chi connectivity index (χ4v) is 4.70. The van der Waals surface area contributed by atoms with Crippen LogP contribution in [0.2, 0.25) is 0 Å². The molecular weight excluding hydrogens is 360 g/mol. The highest BCUT2D eigenvalue weighted by Crippen LogP contribution is 2.35. The highest BCUT2D eigenvalue weighted by molar-refractivity contribution is 6.53. The van der Waals surface area contributed by atoms with Crippen LogP contribution in [0, 0.1) is 11.8 Å². The smallest absolute Gasteiger partial charge is 0.228 e. The standard InChI is InChI=1S/C26H26O3/c1-17(27)25(28)23-14-13-20-11-12-22(16-24(20)23)26(29)21-9-7-19(8-10-21)15-18-5-3-2-4-6-18/h2-6,11-12,14,16,19,21H,7-10,13,15H2,1H3. The van der Waals surface area contributed by atoms with Crippen LogP contribution in [-0.2, 0) is 22.4 Å². The second kappa shape index (κ2) is 8.28. The van der Waals surface area contributed by atoms with Gasteiger partial charge in [-0.05, 0) is 67.2 Å². The van der Waals surface area contributed by atoms with Crippen molar-refractivity contribution in [2.24, 2.45) is 11.8 Å². The molecule has 29 heavy (non-hydrogen) atoms. The molecule has 3 nitrogen and oxygen atoms in total. The molecule has 3 heteroatoms. The van der Waals surface area contributed by atoms with Gasteiger partial charge in [0, 0.05) is 24.0 Å². The van der Waals surface area contributed by atoms with Gasteiger partial charge in [0.25, 0.3) is 0 Å². The fraction of sp³-hybridized carbons (Fsp3) is 0.346. The van der Waals surface area contributed by atoms with Crippen molar-refractivity contribution in [3.63, 3.8) is 0 Å². The first kappa shape index (κ1) is 19.5. The third kappa shape index (κ3) is 4.14. The van der Waals surface area contributed by atoms with Gasteiger partial charge in [-0.15, -0.1) is 0 Å². The van der Waals surface area contributed by atoms with Crippen molar-refractivity contribution in [3.8, 4) is 0 Å². The Bertz CT molecular complexity index is 976. The number of ketones is 3. The lowest BCUT2D eigenvalue weighted by atomic mass is 9.76. The van der Waals surface area contributed by atoms with Crippen molar-refractivity contribution >= 4 is 22.9 Å². The van der Waals surface area contributed by atoms with E-state index in [0.29, 0.717) is 23.5 Å². The zero-order chi connectivity index (χ0) is 20.4. The molecule has 0 unspecified atom stereocenters. The molecule has 0 bridgehead atoms. The Kier molecular flexibility index (Phi) is 5.57. The van der Waals surface area contributed by atoms with E-state index in [2.05, 4.69) is 24.3 Å². The van der Waals surface area contributed by atoms with E-state index in [4.69, 9.17) is 0 Å². The molecule has 0 heterocycles. The molecule has 2 aromatic rings. The molecule has 148 valence electrons. The maximum absolute atomic E-state index is 13.1. The summed E-state index contributed by atoms with van der Waals surface area (Å²) in [6, 6.07) is 16.2. The SMILES string of the molecule is CC(=O)C(=O)C1=CCc2ccc(C(=O)C3CCC(Cc4ccccc4)CC3)cc21. The van der Waals surface area contributed by atoms with E-state index < -0.39 is 11.6 Å². The minimum Gasteiger partial charge on any atom is -0.294 e. The Balaban J connectivity index is 1.42. The predicted molar refractivity (Wildman–Crippen MR) is 114 cm³/mol. The highest BCUT2D eigenvalue weighted by atomic mass is 16.2. The van der Waals surface area contributed by atoms with Gasteiger partial charge in [-0.3, -0.25) is 14.4 Å². The molecule has 2 aliphatic carbocycles. The first-order valence-electron chi connectivity index (χ1n) is 10.5. The second-order valence-electron chi connectivity index (χ2n) is 8.35. The number of benzene rings is 2. The quantitative estimate of drug-likeness (QED) is 0.518. The Labute approximate surface area is 171 Å². The van der Waals surface area contributed by atoms with Crippen molar-refractivity contribution in [2.45, 2.75) is 45.4 Å². The van der Waals surface area contributed by atoms with E-state index in [0.717, 1.165) is 43.2 Å². The van der Waals surface area contributed by atoms with Crippen molar-refractivity contribution in [2.75, 3.05) is 0 Å². The van der Waals surface area contributed by atoms with E-state index >= 15 is 0 Å². The van der Waals surface area contributed by atoms with Gasteiger partial charge in [0.1, 0.15) is 0 Å². The van der Waals surface area contributed by atoms with Crippen LogP contribution in [0.25, 0.3) is 5.57 Å². The van der Waals surface area contributed by atoms with E-state index in [1.165, 1.54) is 12.5 Å². The Morgan fingerprint density at radius 1 is 0.931 bits per heavy atom. The summed E-state index contributed by atoms with van der Waals surface area (Å²) >= 11 is 0. The van der Waals surface area contributed by atoms with Crippen LogP contribution in [0.4, 0.5) is 0 Å². The Morgan fingerprint density at radius 3 is 2.34 bits per heavy atom. The lowest BCUT2D eigenvalue weighted by molar-refractivity contribution is -0.131. The number of carbonyl (C=O) groups excluding carboxylic acids is 3. The predicted octanol–water partition coefficient (Wildman–Crippen LogP) is 5.02. The van der Waals surface area contributed by atoms with Crippen LogP contribution in [-0.4, -0.2) is 17.3 Å². The zero-order valence-corrected chi connectivity index (χ0v) is 16.8. The molecule has 0 saturated heterocycles. The fourth-order valence-electron chi connectivity index (χ4n) is 4.70. The average Bonchev–Trinajstić information content (AvgIpc) is 3.17. The van der Waals surface area contributed by atoms with E-state index in [9.17, 15) is 14.4 Å². The number of Topliss-reactive ketones (excluding diaryl/α,β-unsaturated/α-hetero) is 3. The summed E-state index contributed by atoms with van der Waals surface area (Å²) in [6.45, 7) is 1.30. The normalized spacial score (nSPS) is 20.7. The van der Waals surface area contributed by atoms with Crippen LogP contribution < -0.4 is 0 Å². The molecular formula is C26H26O3. The van der Waals surface area contributed by atoms with Crippen molar-refractivity contribution < 1.29 is 14.4 Å². The van der Waals surface area contributed by atoms with Crippen molar-refractivity contribution in [3.05, 3.63) is 76.9 Å². The second-order valence-corrected chi connectivity index (χ2v) is 8.35. The lowest BCUT2D eigenvalue weighted by Gasteiger charge is -2.28. The summed E-state index contributed by atoms with van der Waals surface area (Å²) in [4.78, 5) is 36.8. The summed E-state index contributed by atoms with van der Waals surface area (Å²) in [7, 11) is 0. The number of allylic oxidation sites excluding steroid dienone is 2. The number of carbonyl (C=O) groups is 3. The monoisotopic (exact) mass is 386 g/mol. The molecule has 0 amide bonds. The largest absolute Gasteiger partial charge is 0.294 e. The van der Waals surface area contributed by atoms with Crippen LogP contribution in [0.3, 0.4) is 0 Å². The highest BCUT2D eigenvalue weighted by Gasteiger charge is 2.29. The molecule has 1 fully saturated rings. The molecule has 0 N–H and O–H groups in total. The maximum Gasteiger partial charge on any atom is 0.228 e. The van der Waals surface area contributed by atoms with Gasteiger partial charge >= 0.3 is 0 Å². The number of rotatable bonds is 6. The Hall–Kier alpha value is -2.81. The molecule has 4 rings (SSSR count). The molecule has 2 aliphatic rings. The van der Waals surface area contributed by atoms with Gasteiger partial charge in [0.2, 0.25) is 5.78 Å².